The molecule has 0 radical (unpaired) electrons. The minimum atomic E-state index is -0.578. The Bertz CT molecular complexity index is 1060. The van der Waals surface area contributed by atoms with Gasteiger partial charge in [0, 0.05) is 30.2 Å². The molecule has 6 nitrogen and oxygen atoms in total. The van der Waals surface area contributed by atoms with Crippen LogP contribution in [0.25, 0.3) is 5.00 Å². The molecule has 4 heterocycles. The SMILES string of the molecule is O=C(NC1CCCCC1)C1c2cccn2-c2sc3c(c2C(=O)N1CCN1CCCC1)CCCC3. The van der Waals surface area contributed by atoms with Crippen LogP contribution in [0.3, 0.4) is 0 Å². The number of hydrogen-bond donors (Lipinski definition) is 1. The Kier molecular flexibility index (Phi) is 6.24. The number of aromatic nitrogens is 1. The van der Waals surface area contributed by atoms with Gasteiger partial charge in [-0.25, -0.2) is 0 Å². The number of thiophene rings is 1. The number of hydrogen-bond acceptors (Lipinski definition) is 4. The van der Waals surface area contributed by atoms with E-state index in [1.165, 1.54) is 49.0 Å². The summed E-state index contributed by atoms with van der Waals surface area (Å²) in [7, 11) is 0. The predicted octanol–water partition coefficient (Wildman–Crippen LogP) is 4.46. The second-order valence-electron chi connectivity index (χ2n) is 10.5. The van der Waals surface area contributed by atoms with Crippen LogP contribution in [-0.4, -0.2) is 58.4 Å². The third-order valence-electron chi connectivity index (χ3n) is 8.27. The molecule has 7 heteroatoms. The van der Waals surface area contributed by atoms with Gasteiger partial charge in [0.25, 0.3) is 5.91 Å². The molecule has 34 heavy (non-hydrogen) atoms. The summed E-state index contributed by atoms with van der Waals surface area (Å²) in [5, 5.41) is 4.37. The first-order chi connectivity index (χ1) is 16.7. The van der Waals surface area contributed by atoms with Gasteiger partial charge in [0.15, 0.2) is 6.04 Å². The van der Waals surface area contributed by atoms with E-state index in [1.54, 1.807) is 11.3 Å². The van der Waals surface area contributed by atoms with Gasteiger partial charge in [-0.05, 0) is 82.2 Å². The molecule has 2 aromatic rings. The molecule has 1 unspecified atom stereocenters. The molecular weight excluding hydrogens is 444 g/mol. The maximum Gasteiger partial charge on any atom is 0.258 e. The molecule has 182 valence electrons. The Hall–Kier alpha value is -2.12. The number of amides is 2. The highest BCUT2D eigenvalue weighted by molar-refractivity contribution is 7.15. The molecule has 2 aliphatic heterocycles. The number of nitrogens with zero attached hydrogens (tertiary/aromatic N) is 3. The highest BCUT2D eigenvalue weighted by atomic mass is 32.1. The highest BCUT2D eigenvalue weighted by Crippen LogP contribution is 2.42. The Labute approximate surface area is 206 Å². The third-order valence-corrected chi connectivity index (χ3v) is 9.57. The lowest BCUT2D eigenvalue weighted by Gasteiger charge is -2.33. The molecule has 4 aliphatic rings. The third kappa shape index (κ3) is 4.01. The molecule has 0 aromatic carbocycles. The smallest absolute Gasteiger partial charge is 0.258 e. The average Bonchev–Trinajstić information content (AvgIpc) is 3.60. The molecule has 2 aromatic heterocycles. The molecule has 1 N–H and O–H groups in total. The van der Waals surface area contributed by atoms with Gasteiger partial charge in [-0.2, -0.15) is 0 Å². The molecular formula is C27H36N4O2S. The van der Waals surface area contributed by atoms with E-state index < -0.39 is 6.04 Å². The maximum atomic E-state index is 14.3. The lowest BCUT2D eigenvalue weighted by atomic mass is 9.94. The van der Waals surface area contributed by atoms with Crippen molar-refractivity contribution in [2.24, 2.45) is 0 Å². The lowest BCUT2D eigenvalue weighted by molar-refractivity contribution is -0.127. The average molecular weight is 481 g/mol. The van der Waals surface area contributed by atoms with Gasteiger partial charge >= 0.3 is 0 Å². The predicted molar refractivity (Wildman–Crippen MR) is 135 cm³/mol. The Morgan fingerprint density at radius 2 is 1.79 bits per heavy atom. The van der Waals surface area contributed by atoms with E-state index in [-0.39, 0.29) is 17.9 Å². The summed E-state index contributed by atoms with van der Waals surface area (Å²) >= 11 is 1.77. The van der Waals surface area contributed by atoms with E-state index in [2.05, 4.69) is 20.9 Å². The summed E-state index contributed by atoms with van der Waals surface area (Å²) in [6.07, 6.45) is 14.6. The Morgan fingerprint density at radius 3 is 2.62 bits per heavy atom. The number of rotatable bonds is 5. The number of nitrogens with one attached hydrogen (secondary N) is 1. The first-order valence-electron chi connectivity index (χ1n) is 13.4. The molecule has 1 saturated carbocycles. The van der Waals surface area contributed by atoms with Crippen LogP contribution in [-0.2, 0) is 17.6 Å². The van der Waals surface area contributed by atoms with Crippen LogP contribution in [0.5, 0.6) is 0 Å². The summed E-state index contributed by atoms with van der Waals surface area (Å²) in [6.45, 7) is 3.62. The normalized spacial score (nSPS) is 23.4. The van der Waals surface area contributed by atoms with Crippen LogP contribution in [0.15, 0.2) is 18.3 Å². The Morgan fingerprint density at radius 1 is 1.00 bits per heavy atom. The van der Waals surface area contributed by atoms with Crippen molar-refractivity contribution < 1.29 is 9.59 Å². The van der Waals surface area contributed by atoms with Crippen molar-refractivity contribution in [3.05, 3.63) is 40.0 Å². The first-order valence-corrected chi connectivity index (χ1v) is 14.2. The van der Waals surface area contributed by atoms with Crippen molar-refractivity contribution >= 4 is 23.2 Å². The zero-order valence-corrected chi connectivity index (χ0v) is 20.9. The Balaban J connectivity index is 1.39. The van der Waals surface area contributed by atoms with Crippen LogP contribution in [0.2, 0.25) is 0 Å². The minimum Gasteiger partial charge on any atom is -0.351 e. The fourth-order valence-corrected chi connectivity index (χ4v) is 7.84. The van der Waals surface area contributed by atoms with E-state index in [0.29, 0.717) is 6.54 Å². The van der Waals surface area contributed by atoms with E-state index in [1.807, 2.05) is 17.2 Å². The fourth-order valence-electron chi connectivity index (χ4n) is 6.45. The minimum absolute atomic E-state index is 0.00866. The number of fused-ring (bicyclic) bond motifs is 5. The molecule has 2 fully saturated rings. The van der Waals surface area contributed by atoms with Gasteiger partial charge in [0.1, 0.15) is 5.00 Å². The lowest BCUT2D eigenvalue weighted by Crippen LogP contribution is -2.48. The summed E-state index contributed by atoms with van der Waals surface area (Å²) < 4.78 is 2.15. The van der Waals surface area contributed by atoms with Crippen molar-refractivity contribution in [2.45, 2.75) is 82.7 Å². The van der Waals surface area contributed by atoms with Gasteiger partial charge in [-0.1, -0.05) is 19.3 Å². The zero-order valence-electron chi connectivity index (χ0n) is 20.1. The van der Waals surface area contributed by atoms with E-state index in [4.69, 9.17) is 0 Å². The summed E-state index contributed by atoms with van der Waals surface area (Å²) in [5.74, 6) is 0.0479. The molecule has 2 amide bonds. The van der Waals surface area contributed by atoms with Crippen molar-refractivity contribution in [3.8, 4) is 5.00 Å². The maximum absolute atomic E-state index is 14.3. The number of aryl methyl sites for hydroxylation is 1. The number of carbonyl (C=O) groups is 2. The standard InChI is InChI=1S/C27H36N4O2S/c32-25(28-19-9-2-1-3-10-19)24-21-12-8-16-30(21)27-23(20-11-4-5-13-22(20)34-27)26(33)31(24)18-17-29-14-6-7-15-29/h8,12,16,19,24H,1-7,9-11,13-15,17-18H2,(H,28,32). The van der Waals surface area contributed by atoms with Crippen LogP contribution in [0.1, 0.15) is 90.3 Å². The van der Waals surface area contributed by atoms with Gasteiger partial charge in [0.05, 0.1) is 11.3 Å². The second kappa shape index (κ2) is 9.50. The van der Waals surface area contributed by atoms with Gasteiger partial charge < -0.3 is 19.7 Å². The first kappa shape index (κ1) is 22.4. The van der Waals surface area contributed by atoms with Gasteiger partial charge in [0.2, 0.25) is 5.91 Å². The molecule has 6 rings (SSSR count). The van der Waals surface area contributed by atoms with Crippen molar-refractivity contribution in [1.29, 1.82) is 0 Å². The summed E-state index contributed by atoms with van der Waals surface area (Å²) in [6, 6.07) is 3.73. The van der Waals surface area contributed by atoms with Gasteiger partial charge in [-0.15, -0.1) is 11.3 Å². The molecule has 0 bridgehead atoms. The fraction of sp³-hybridized carbons (Fsp3) is 0.630. The quantitative estimate of drug-likeness (QED) is 0.688. The van der Waals surface area contributed by atoms with Crippen LogP contribution >= 0.6 is 11.3 Å². The summed E-state index contributed by atoms with van der Waals surface area (Å²) in [4.78, 5) is 33.9. The molecule has 1 saturated heterocycles. The topological polar surface area (TPSA) is 57.6 Å². The van der Waals surface area contributed by atoms with Crippen LogP contribution in [0.4, 0.5) is 0 Å². The molecule has 2 aliphatic carbocycles. The molecule has 1 atom stereocenters. The highest BCUT2D eigenvalue weighted by Gasteiger charge is 2.41. The monoisotopic (exact) mass is 480 g/mol. The van der Waals surface area contributed by atoms with Gasteiger partial charge in [-0.3, -0.25) is 9.59 Å². The number of likely N-dealkylation sites (tertiary alicyclic amines) is 1. The van der Waals surface area contributed by atoms with Crippen molar-refractivity contribution in [3.63, 3.8) is 0 Å². The van der Waals surface area contributed by atoms with E-state index in [0.717, 1.165) is 68.0 Å². The number of carbonyl (C=O) groups excluding carboxylic acids is 2. The zero-order chi connectivity index (χ0) is 23.1. The summed E-state index contributed by atoms with van der Waals surface area (Å²) in [5.41, 5.74) is 3.04. The largest absolute Gasteiger partial charge is 0.351 e. The second-order valence-corrected chi connectivity index (χ2v) is 11.6. The molecule has 0 spiro atoms. The van der Waals surface area contributed by atoms with E-state index in [9.17, 15) is 9.59 Å². The van der Waals surface area contributed by atoms with Crippen LogP contribution in [0, 0.1) is 0 Å². The van der Waals surface area contributed by atoms with E-state index >= 15 is 0 Å². The van der Waals surface area contributed by atoms with Crippen molar-refractivity contribution in [1.82, 2.24) is 19.7 Å². The van der Waals surface area contributed by atoms with Crippen molar-refractivity contribution in [2.75, 3.05) is 26.2 Å². The van der Waals surface area contributed by atoms with Crippen LogP contribution < -0.4 is 5.32 Å².